The van der Waals surface area contributed by atoms with Gasteiger partial charge in [0.05, 0.1) is 4.90 Å². The van der Waals surface area contributed by atoms with Crippen LogP contribution in [0.25, 0.3) is 10.4 Å². The van der Waals surface area contributed by atoms with Crippen molar-refractivity contribution >= 4 is 21.5 Å². The van der Waals surface area contributed by atoms with E-state index in [0.717, 1.165) is 0 Å². The summed E-state index contributed by atoms with van der Waals surface area (Å²) >= 11 is 0. The van der Waals surface area contributed by atoms with E-state index < -0.39 is 10.0 Å². The summed E-state index contributed by atoms with van der Waals surface area (Å²) in [5.41, 5.74) is 8.59. The molecule has 0 amide bonds. The highest BCUT2D eigenvalue weighted by Crippen LogP contribution is 2.19. The van der Waals surface area contributed by atoms with Crippen molar-refractivity contribution in [2.45, 2.75) is 11.8 Å². The van der Waals surface area contributed by atoms with Gasteiger partial charge in [0.2, 0.25) is 0 Å². The molecule has 8 nitrogen and oxygen atoms in total. The lowest BCUT2D eigenvalue weighted by atomic mass is 10.3. The molecule has 0 spiro atoms. The van der Waals surface area contributed by atoms with Crippen molar-refractivity contribution in [3.05, 3.63) is 46.5 Å². The predicted octanol–water partition coefficient (Wildman–Crippen LogP) is 2.73. The largest absolute Gasteiger partial charge is 0.360 e. The summed E-state index contributed by atoms with van der Waals surface area (Å²) in [7, 11) is -3.74. The number of anilines is 1. The third kappa shape index (κ3) is 3.03. The van der Waals surface area contributed by atoms with Gasteiger partial charge >= 0.3 is 0 Å². The van der Waals surface area contributed by atoms with Crippen LogP contribution in [0.15, 0.2) is 44.9 Å². The molecular formula is C10H9N5O3S. The summed E-state index contributed by atoms with van der Waals surface area (Å²) in [4.78, 5) is 2.64. The van der Waals surface area contributed by atoms with E-state index in [4.69, 9.17) is 10.1 Å². The fraction of sp³-hybridized carbons (Fsp3) is 0.100. The van der Waals surface area contributed by atoms with E-state index in [1.807, 2.05) is 0 Å². The zero-order chi connectivity index (χ0) is 13.9. The summed E-state index contributed by atoms with van der Waals surface area (Å²) in [5, 5.41) is 6.90. The molecule has 0 saturated heterocycles. The van der Waals surface area contributed by atoms with Crippen molar-refractivity contribution in [1.29, 1.82) is 0 Å². The number of hydrogen-bond acceptors (Lipinski definition) is 5. The first kappa shape index (κ1) is 12.9. The van der Waals surface area contributed by atoms with E-state index in [0.29, 0.717) is 11.4 Å². The Hall–Kier alpha value is -2.51. The first-order valence-electron chi connectivity index (χ1n) is 5.12. The molecule has 0 atom stereocenters. The third-order valence-electron chi connectivity index (χ3n) is 2.17. The molecule has 0 radical (unpaired) electrons. The zero-order valence-corrected chi connectivity index (χ0v) is 10.6. The van der Waals surface area contributed by atoms with Crippen molar-refractivity contribution in [3.63, 3.8) is 0 Å². The highest BCUT2D eigenvalue weighted by atomic mass is 32.2. The van der Waals surface area contributed by atoms with Crippen LogP contribution in [-0.4, -0.2) is 13.6 Å². The maximum absolute atomic E-state index is 12.0. The fourth-order valence-corrected chi connectivity index (χ4v) is 2.34. The highest BCUT2D eigenvalue weighted by Gasteiger charge is 2.15. The van der Waals surface area contributed by atoms with Crippen molar-refractivity contribution in [1.82, 2.24) is 5.16 Å². The van der Waals surface area contributed by atoms with E-state index in [1.54, 1.807) is 6.92 Å². The Morgan fingerprint density at radius 2 is 2.05 bits per heavy atom. The summed E-state index contributed by atoms with van der Waals surface area (Å²) < 4.78 is 31.0. The molecule has 0 unspecified atom stereocenters. The van der Waals surface area contributed by atoms with Gasteiger partial charge in [0.25, 0.3) is 10.0 Å². The minimum Gasteiger partial charge on any atom is -0.360 e. The molecule has 0 aliphatic carbocycles. The first-order valence-corrected chi connectivity index (χ1v) is 6.61. The second-order valence-corrected chi connectivity index (χ2v) is 5.29. The summed E-state index contributed by atoms with van der Waals surface area (Å²) in [6.07, 6.45) is 0. The molecule has 19 heavy (non-hydrogen) atoms. The average Bonchev–Trinajstić information content (AvgIpc) is 2.75. The third-order valence-corrected chi connectivity index (χ3v) is 3.54. The number of benzene rings is 1. The van der Waals surface area contributed by atoms with Gasteiger partial charge in [0, 0.05) is 16.7 Å². The number of sulfonamides is 1. The quantitative estimate of drug-likeness (QED) is 0.525. The van der Waals surface area contributed by atoms with E-state index >= 15 is 0 Å². The van der Waals surface area contributed by atoms with Gasteiger partial charge in [-0.15, -0.1) is 0 Å². The minimum atomic E-state index is -3.74. The molecule has 1 heterocycles. The lowest BCUT2D eigenvalue weighted by Crippen LogP contribution is -2.12. The SMILES string of the molecule is Cc1cc(NS(=O)(=O)c2ccc(N=[N+]=[N-])cc2)no1. The van der Waals surface area contributed by atoms with Gasteiger partial charge in [0.15, 0.2) is 5.82 Å². The van der Waals surface area contributed by atoms with Crippen LogP contribution in [0.4, 0.5) is 11.5 Å². The molecule has 1 aromatic heterocycles. The van der Waals surface area contributed by atoms with Gasteiger partial charge in [-0.1, -0.05) is 22.4 Å². The van der Waals surface area contributed by atoms with Gasteiger partial charge in [-0.05, 0) is 24.6 Å². The lowest BCUT2D eigenvalue weighted by molar-refractivity contribution is 0.400. The molecule has 1 N–H and O–H groups in total. The maximum atomic E-state index is 12.0. The standard InChI is InChI=1S/C10H9N5O3S/c1-7-6-10(13-18-7)14-19(16,17)9-4-2-8(3-5-9)12-15-11/h2-6H,1H3,(H,13,14). The lowest BCUT2D eigenvalue weighted by Gasteiger charge is -2.04. The number of nitrogens with zero attached hydrogens (tertiary/aromatic N) is 4. The second kappa shape index (κ2) is 5.01. The Balaban J connectivity index is 2.26. The van der Waals surface area contributed by atoms with E-state index in [1.165, 1.54) is 30.3 Å². The molecule has 9 heteroatoms. The average molecular weight is 279 g/mol. The smallest absolute Gasteiger partial charge is 0.263 e. The Morgan fingerprint density at radius 1 is 1.37 bits per heavy atom. The number of rotatable bonds is 4. The Kier molecular flexibility index (Phi) is 3.41. The predicted molar refractivity (Wildman–Crippen MR) is 67.3 cm³/mol. The Morgan fingerprint density at radius 3 is 2.58 bits per heavy atom. The molecule has 1 aromatic carbocycles. The van der Waals surface area contributed by atoms with Crippen molar-refractivity contribution in [2.24, 2.45) is 5.11 Å². The summed E-state index contributed by atoms with van der Waals surface area (Å²) in [6.45, 7) is 1.65. The maximum Gasteiger partial charge on any atom is 0.263 e. The van der Waals surface area contributed by atoms with Crippen LogP contribution in [0, 0.1) is 6.92 Å². The number of aryl methyl sites for hydroxylation is 1. The number of azide groups is 1. The molecule has 0 aliphatic rings. The molecule has 2 aromatic rings. The van der Waals surface area contributed by atoms with Gasteiger partial charge in [-0.25, -0.2) is 8.42 Å². The van der Waals surface area contributed by atoms with E-state index in [-0.39, 0.29) is 10.7 Å². The van der Waals surface area contributed by atoms with E-state index in [2.05, 4.69) is 19.9 Å². The molecule has 2 rings (SSSR count). The monoisotopic (exact) mass is 279 g/mol. The normalized spacial score (nSPS) is 10.8. The second-order valence-electron chi connectivity index (χ2n) is 3.61. The van der Waals surface area contributed by atoms with Crippen LogP contribution in [0.2, 0.25) is 0 Å². The highest BCUT2D eigenvalue weighted by molar-refractivity contribution is 7.92. The molecule has 0 aliphatic heterocycles. The van der Waals surface area contributed by atoms with Crippen LogP contribution in [0.5, 0.6) is 0 Å². The molecule has 0 saturated carbocycles. The van der Waals surface area contributed by atoms with Gasteiger partial charge < -0.3 is 4.52 Å². The fourth-order valence-electron chi connectivity index (χ4n) is 1.35. The van der Waals surface area contributed by atoms with Crippen LogP contribution in [-0.2, 0) is 10.0 Å². The number of hydrogen-bond donors (Lipinski definition) is 1. The molecule has 0 bridgehead atoms. The number of nitrogens with one attached hydrogen (secondary N) is 1. The first-order chi connectivity index (χ1) is 9.01. The Labute approximate surface area is 108 Å². The zero-order valence-electron chi connectivity index (χ0n) is 9.81. The van der Waals surface area contributed by atoms with E-state index in [9.17, 15) is 8.42 Å². The molecule has 0 fully saturated rings. The van der Waals surface area contributed by atoms with Crippen molar-refractivity contribution in [2.75, 3.05) is 4.72 Å². The van der Waals surface area contributed by atoms with Crippen LogP contribution in [0.3, 0.4) is 0 Å². The van der Waals surface area contributed by atoms with Gasteiger partial charge in [0.1, 0.15) is 5.76 Å². The molecule has 98 valence electrons. The van der Waals surface area contributed by atoms with Crippen LogP contribution >= 0.6 is 0 Å². The summed E-state index contributed by atoms with van der Waals surface area (Å²) in [5.74, 6) is 0.605. The van der Waals surface area contributed by atoms with Crippen molar-refractivity contribution in [3.8, 4) is 0 Å². The van der Waals surface area contributed by atoms with Crippen LogP contribution in [0.1, 0.15) is 5.76 Å². The van der Waals surface area contributed by atoms with Gasteiger partial charge in [-0.3, -0.25) is 4.72 Å². The topological polar surface area (TPSA) is 121 Å². The summed E-state index contributed by atoms with van der Waals surface area (Å²) in [6, 6.07) is 6.94. The molecular weight excluding hydrogens is 270 g/mol. The Bertz CT molecular complexity index is 729. The number of aromatic nitrogens is 1. The van der Waals surface area contributed by atoms with Crippen molar-refractivity contribution < 1.29 is 12.9 Å². The van der Waals surface area contributed by atoms with Gasteiger partial charge in [-0.2, -0.15) is 0 Å². The van der Waals surface area contributed by atoms with Crippen LogP contribution < -0.4 is 4.72 Å². The minimum absolute atomic E-state index is 0.0324.